The fourth-order valence-electron chi connectivity index (χ4n) is 3.18. The van der Waals surface area contributed by atoms with Crippen molar-refractivity contribution >= 4 is 5.91 Å². The predicted molar refractivity (Wildman–Crippen MR) is 93.6 cm³/mol. The standard InChI is InChI=1S/C19H20N4O2/c24-19(17-6-1-2-7-18(17)21-9-3-4-10-21)22-12-13-25-16(14-22)15-23-11-5-8-20-23/h1-11,16H,12-15H2. The largest absolute Gasteiger partial charge is 0.373 e. The molecule has 3 heterocycles. The van der Waals surface area contributed by atoms with E-state index in [9.17, 15) is 4.79 Å². The molecule has 0 aliphatic carbocycles. The van der Waals surface area contributed by atoms with Gasteiger partial charge in [-0.3, -0.25) is 9.48 Å². The maximum atomic E-state index is 13.1. The molecule has 1 aliphatic heterocycles. The molecule has 1 aliphatic rings. The summed E-state index contributed by atoms with van der Waals surface area (Å²) in [4.78, 5) is 15.0. The highest BCUT2D eigenvalue weighted by Crippen LogP contribution is 2.19. The summed E-state index contributed by atoms with van der Waals surface area (Å²) >= 11 is 0. The average molecular weight is 336 g/mol. The van der Waals surface area contributed by atoms with Crippen molar-refractivity contribution in [3.63, 3.8) is 0 Å². The number of hydrogen-bond acceptors (Lipinski definition) is 3. The summed E-state index contributed by atoms with van der Waals surface area (Å²) in [7, 11) is 0. The van der Waals surface area contributed by atoms with Crippen LogP contribution in [0.15, 0.2) is 67.3 Å². The first kappa shape index (κ1) is 15.7. The van der Waals surface area contributed by atoms with E-state index < -0.39 is 0 Å². The van der Waals surface area contributed by atoms with E-state index in [2.05, 4.69) is 5.10 Å². The number of para-hydroxylation sites is 1. The average Bonchev–Trinajstić information content (AvgIpc) is 3.35. The summed E-state index contributed by atoms with van der Waals surface area (Å²) in [5.41, 5.74) is 1.60. The fourth-order valence-corrected chi connectivity index (χ4v) is 3.18. The van der Waals surface area contributed by atoms with Crippen molar-refractivity contribution in [2.45, 2.75) is 12.6 Å². The minimum absolute atomic E-state index is 0.0399. The molecule has 0 bridgehead atoms. The molecule has 4 rings (SSSR count). The van der Waals surface area contributed by atoms with Crippen LogP contribution in [0.5, 0.6) is 0 Å². The van der Waals surface area contributed by atoms with Gasteiger partial charge in [-0.2, -0.15) is 5.10 Å². The van der Waals surface area contributed by atoms with E-state index in [1.165, 1.54) is 0 Å². The van der Waals surface area contributed by atoms with Gasteiger partial charge >= 0.3 is 0 Å². The molecule has 1 saturated heterocycles. The monoisotopic (exact) mass is 336 g/mol. The third-order valence-corrected chi connectivity index (χ3v) is 4.39. The van der Waals surface area contributed by atoms with Crippen molar-refractivity contribution in [1.82, 2.24) is 19.2 Å². The normalized spacial score (nSPS) is 17.6. The Morgan fingerprint density at radius 1 is 1.12 bits per heavy atom. The van der Waals surface area contributed by atoms with Gasteiger partial charge in [0, 0.05) is 37.9 Å². The SMILES string of the molecule is O=C(c1ccccc1-n1cccc1)N1CCOC(Cn2cccn2)C1. The second-order valence-electron chi connectivity index (χ2n) is 6.08. The van der Waals surface area contributed by atoms with Gasteiger partial charge in [-0.25, -0.2) is 0 Å². The number of rotatable bonds is 4. The highest BCUT2D eigenvalue weighted by Gasteiger charge is 2.26. The van der Waals surface area contributed by atoms with Crippen LogP contribution in [0, 0.1) is 0 Å². The number of hydrogen-bond donors (Lipinski definition) is 0. The summed E-state index contributed by atoms with van der Waals surface area (Å²) in [6, 6.07) is 13.5. The Bertz CT molecular complexity index is 827. The van der Waals surface area contributed by atoms with Crippen LogP contribution in [0.25, 0.3) is 5.69 Å². The minimum Gasteiger partial charge on any atom is -0.373 e. The molecule has 25 heavy (non-hydrogen) atoms. The van der Waals surface area contributed by atoms with Crippen LogP contribution in [0.4, 0.5) is 0 Å². The van der Waals surface area contributed by atoms with Crippen LogP contribution in [0.3, 0.4) is 0 Å². The predicted octanol–water partition coefficient (Wildman–Crippen LogP) is 2.21. The molecule has 6 nitrogen and oxygen atoms in total. The molecule has 1 aromatic carbocycles. The summed E-state index contributed by atoms with van der Waals surface area (Å²) < 4.78 is 9.62. The number of ether oxygens (including phenoxy) is 1. The van der Waals surface area contributed by atoms with Gasteiger partial charge in [-0.1, -0.05) is 12.1 Å². The van der Waals surface area contributed by atoms with E-state index in [0.717, 1.165) is 5.69 Å². The maximum Gasteiger partial charge on any atom is 0.256 e. The molecule has 2 aromatic heterocycles. The Hall–Kier alpha value is -2.86. The second kappa shape index (κ2) is 6.94. The lowest BCUT2D eigenvalue weighted by molar-refractivity contribution is -0.0299. The van der Waals surface area contributed by atoms with Crippen LogP contribution in [-0.4, -0.2) is 51.0 Å². The molecule has 1 atom stereocenters. The molecule has 3 aromatic rings. The van der Waals surface area contributed by atoms with E-state index in [4.69, 9.17) is 4.74 Å². The third kappa shape index (κ3) is 3.34. The lowest BCUT2D eigenvalue weighted by Gasteiger charge is -2.33. The molecule has 6 heteroatoms. The molecule has 1 amide bonds. The van der Waals surface area contributed by atoms with Crippen molar-refractivity contribution in [1.29, 1.82) is 0 Å². The van der Waals surface area contributed by atoms with E-state index in [1.54, 1.807) is 6.20 Å². The molecule has 128 valence electrons. The number of carbonyl (C=O) groups is 1. The number of carbonyl (C=O) groups excluding carboxylic acids is 1. The summed E-state index contributed by atoms with van der Waals surface area (Å²) in [6.07, 6.45) is 7.51. The lowest BCUT2D eigenvalue weighted by atomic mass is 10.1. The zero-order chi connectivity index (χ0) is 17.1. The van der Waals surface area contributed by atoms with Crippen LogP contribution < -0.4 is 0 Å². The molecule has 0 spiro atoms. The molecular formula is C19H20N4O2. The summed E-state index contributed by atoms with van der Waals surface area (Å²) in [6.45, 7) is 2.37. The molecule has 1 unspecified atom stereocenters. The Morgan fingerprint density at radius 3 is 2.76 bits per heavy atom. The van der Waals surface area contributed by atoms with Gasteiger partial charge in [0.1, 0.15) is 0 Å². The van der Waals surface area contributed by atoms with Crippen LogP contribution in [0.1, 0.15) is 10.4 Å². The molecule has 0 N–H and O–H groups in total. The van der Waals surface area contributed by atoms with Crippen molar-refractivity contribution in [2.75, 3.05) is 19.7 Å². The summed E-state index contributed by atoms with van der Waals surface area (Å²) in [5.74, 6) is 0.0399. The van der Waals surface area contributed by atoms with Crippen LogP contribution in [-0.2, 0) is 11.3 Å². The highest BCUT2D eigenvalue weighted by atomic mass is 16.5. The van der Waals surface area contributed by atoms with E-state index in [1.807, 2.05) is 75.2 Å². The van der Waals surface area contributed by atoms with Crippen LogP contribution in [0.2, 0.25) is 0 Å². The van der Waals surface area contributed by atoms with Gasteiger partial charge in [0.25, 0.3) is 5.91 Å². The maximum absolute atomic E-state index is 13.1. The molecule has 1 fully saturated rings. The van der Waals surface area contributed by atoms with E-state index >= 15 is 0 Å². The van der Waals surface area contributed by atoms with E-state index in [0.29, 0.717) is 31.8 Å². The second-order valence-corrected chi connectivity index (χ2v) is 6.08. The Balaban J connectivity index is 1.53. The first-order valence-electron chi connectivity index (χ1n) is 8.42. The number of aromatic nitrogens is 3. The highest BCUT2D eigenvalue weighted by molar-refractivity contribution is 5.97. The Labute approximate surface area is 146 Å². The van der Waals surface area contributed by atoms with Crippen molar-refractivity contribution in [3.8, 4) is 5.69 Å². The molecule has 0 saturated carbocycles. The zero-order valence-electron chi connectivity index (χ0n) is 13.9. The van der Waals surface area contributed by atoms with Gasteiger partial charge in [-0.05, 0) is 30.3 Å². The number of amides is 1. The zero-order valence-corrected chi connectivity index (χ0v) is 13.9. The third-order valence-electron chi connectivity index (χ3n) is 4.39. The quantitative estimate of drug-likeness (QED) is 0.734. The molecular weight excluding hydrogens is 316 g/mol. The van der Waals surface area contributed by atoms with Crippen LogP contribution >= 0.6 is 0 Å². The van der Waals surface area contributed by atoms with Gasteiger partial charge in [-0.15, -0.1) is 0 Å². The summed E-state index contributed by atoms with van der Waals surface area (Å²) in [5, 5.41) is 4.22. The lowest BCUT2D eigenvalue weighted by Crippen LogP contribution is -2.47. The van der Waals surface area contributed by atoms with E-state index in [-0.39, 0.29) is 12.0 Å². The fraction of sp³-hybridized carbons (Fsp3) is 0.263. The van der Waals surface area contributed by atoms with Gasteiger partial charge < -0.3 is 14.2 Å². The van der Waals surface area contributed by atoms with Gasteiger partial charge in [0.2, 0.25) is 0 Å². The first-order valence-corrected chi connectivity index (χ1v) is 8.42. The van der Waals surface area contributed by atoms with Crippen molar-refractivity contribution < 1.29 is 9.53 Å². The first-order chi connectivity index (χ1) is 12.3. The number of nitrogens with zero attached hydrogens (tertiary/aromatic N) is 4. The molecule has 0 radical (unpaired) electrons. The number of benzene rings is 1. The topological polar surface area (TPSA) is 52.3 Å². The number of morpholine rings is 1. The minimum atomic E-state index is -0.0451. The smallest absolute Gasteiger partial charge is 0.256 e. The Kier molecular flexibility index (Phi) is 4.35. The van der Waals surface area contributed by atoms with Gasteiger partial charge in [0.05, 0.1) is 30.5 Å². The van der Waals surface area contributed by atoms with Crippen molar-refractivity contribution in [2.24, 2.45) is 0 Å². The van der Waals surface area contributed by atoms with Gasteiger partial charge in [0.15, 0.2) is 0 Å². The Morgan fingerprint density at radius 2 is 1.96 bits per heavy atom. The van der Waals surface area contributed by atoms with Crippen molar-refractivity contribution in [3.05, 3.63) is 72.8 Å².